The Labute approximate surface area is 103 Å². The van der Waals surface area contributed by atoms with E-state index in [4.69, 9.17) is 4.42 Å². The van der Waals surface area contributed by atoms with Gasteiger partial charge in [0.25, 0.3) is 5.56 Å². The Bertz CT molecular complexity index is 775. The predicted molar refractivity (Wildman–Crippen MR) is 66.9 cm³/mol. The van der Waals surface area contributed by atoms with Crippen LogP contribution in [0.3, 0.4) is 0 Å². The normalized spacial score (nSPS) is 11.4. The molecule has 17 heavy (non-hydrogen) atoms. The van der Waals surface area contributed by atoms with E-state index in [0.717, 1.165) is 0 Å². The van der Waals surface area contributed by atoms with Gasteiger partial charge in [-0.15, -0.1) is 0 Å². The van der Waals surface area contributed by atoms with Crippen molar-refractivity contribution in [3.63, 3.8) is 0 Å². The van der Waals surface area contributed by atoms with Crippen LogP contribution in [-0.4, -0.2) is 4.98 Å². The molecule has 3 rings (SSSR count). The summed E-state index contributed by atoms with van der Waals surface area (Å²) < 4.78 is 19.1. The first kappa shape index (κ1) is 10.5. The van der Waals surface area contributed by atoms with Gasteiger partial charge in [-0.25, -0.2) is 4.39 Å². The summed E-state index contributed by atoms with van der Waals surface area (Å²) in [5.41, 5.74) is 0.545. The number of furan rings is 1. The maximum absolute atomic E-state index is 14.1. The molecular weight excluding hydrogens is 289 g/mol. The van der Waals surface area contributed by atoms with Crippen LogP contribution in [0, 0.1) is 5.82 Å². The third-order valence-electron chi connectivity index (χ3n) is 2.77. The third-order valence-corrected chi connectivity index (χ3v) is 3.37. The lowest BCUT2D eigenvalue weighted by molar-refractivity contribution is 0.609. The van der Waals surface area contributed by atoms with E-state index < -0.39 is 11.4 Å². The average Bonchev–Trinajstić information content (AvgIpc) is 2.81. The van der Waals surface area contributed by atoms with Crippen molar-refractivity contribution in [3.05, 3.63) is 46.2 Å². The smallest absolute Gasteiger partial charge is 0.292 e. The number of hydrogen-bond donors (Lipinski definition) is 1. The van der Waals surface area contributed by atoms with E-state index in [1.54, 1.807) is 18.2 Å². The Morgan fingerprint density at radius 2 is 2.12 bits per heavy atom. The molecule has 0 unspecified atom stereocenters. The molecule has 86 valence electrons. The van der Waals surface area contributed by atoms with Gasteiger partial charge in [0.05, 0.1) is 11.8 Å². The molecule has 2 aromatic heterocycles. The zero-order valence-corrected chi connectivity index (χ0v) is 10.2. The Morgan fingerprint density at radius 1 is 1.29 bits per heavy atom. The van der Waals surface area contributed by atoms with Crippen LogP contribution in [0.5, 0.6) is 0 Å². The molecule has 2 heterocycles. The average molecular weight is 296 g/mol. The van der Waals surface area contributed by atoms with Crippen molar-refractivity contribution in [2.24, 2.45) is 0 Å². The minimum Gasteiger partial charge on any atom is -0.459 e. The zero-order chi connectivity index (χ0) is 12.0. The van der Waals surface area contributed by atoms with Gasteiger partial charge >= 0.3 is 0 Å². The molecule has 0 aliphatic heterocycles. The van der Waals surface area contributed by atoms with E-state index >= 15 is 0 Å². The molecule has 0 saturated heterocycles. The molecule has 5 heteroatoms. The first-order valence-electron chi connectivity index (χ1n) is 4.99. The molecule has 0 saturated carbocycles. The van der Waals surface area contributed by atoms with Crippen molar-refractivity contribution in [3.8, 4) is 0 Å². The maximum atomic E-state index is 14.1. The van der Waals surface area contributed by atoms with Gasteiger partial charge in [0, 0.05) is 21.7 Å². The summed E-state index contributed by atoms with van der Waals surface area (Å²) in [7, 11) is 0. The lowest BCUT2D eigenvalue weighted by Gasteiger charge is -2.04. The predicted octanol–water partition coefficient (Wildman–Crippen LogP) is 3.31. The molecule has 3 nitrogen and oxygen atoms in total. The minimum atomic E-state index is -0.414. The van der Waals surface area contributed by atoms with Gasteiger partial charge in [-0.1, -0.05) is 28.1 Å². The lowest BCUT2D eigenvalue weighted by atomic mass is 10.1. The number of pyridine rings is 1. The Kier molecular flexibility index (Phi) is 2.29. The Balaban J connectivity index is 2.58. The Hall–Kier alpha value is -1.62. The number of halogens is 2. The topological polar surface area (TPSA) is 46.0 Å². The second kappa shape index (κ2) is 3.70. The molecule has 0 spiro atoms. The number of benzene rings is 1. The van der Waals surface area contributed by atoms with Crippen LogP contribution in [0.4, 0.5) is 4.39 Å². The summed E-state index contributed by atoms with van der Waals surface area (Å²) in [4.78, 5) is 14.2. The summed E-state index contributed by atoms with van der Waals surface area (Å²) in [6, 6.07) is 5.14. The van der Waals surface area contributed by atoms with E-state index in [2.05, 4.69) is 20.9 Å². The summed E-state index contributed by atoms with van der Waals surface area (Å²) in [6.45, 7) is 0. The molecule has 0 aliphatic rings. The Morgan fingerprint density at radius 3 is 2.88 bits per heavy atom. The molecule has 3 aromatic rings. The number of aromatic amines is 1. The maximum Gasteiger partial charge on any atom is 0.292 e. The van der Waals surface area contributed by atoms with Crippen LogP contribution >= 0.6 is 15.9 Å². The van der Waals surface area contributed by atoms with E-state index in [0.29, 0.717) is 21.7 Å². The molecular formula is C12H7BrFNO2. The highest BCUT2D eigenvalue weighted by Crippen LogP contribution is 2.26. The molecule has 0 aliphatic carbocycles. The van der Waals surface area contributed by atoms with Gasteiger partial charge in [-0.3, -0.25) is 4.79 Å². The second-order valence-electron chi connectivity index (χ2n) is 3.71. The lowest BCUT2D eigenvalue weighted by Crippen LogP contribution is -2.06. The van der Waals surface area contributed by atoms with Crippen molar-refractivity contribution in [2.75, 3.05) is 0 Å². The number of nitrogens with one attached hydrogen (secondary N) is 1. The van der Waals surface area contributed by atoms with Crippen LogP contribution in [0.1, 0.15) is 5.56 Å². The van der Waals surface area contributed by atoms with Crippen molar-refractivity contribution in [2.45, 2.75) is 5.33 Å². The molecule has 0 fully saturated rings. The number of hydrogen-bond acceptors (Lipinski definition) is 2. The van der Waals surface area contributed by atoms with Gasteiger partial charge in [0.1, 0.15) is 0 Å². The SMILES string of the molecule is O=c1[nH]c2c(F)c(CBr)ccc2c2ccoc12. The monoisotopic (exact) mass is 295 g/mol. The van der Waals surface area contributed by atoms with Gasteiger partial charge in [-0.05, 0) is 6.07 Å². The first-order chi connectivity index (χ1) is 8.22. The first-order valence-corrected chi connectivity index (χ1v) is 6.11. The van der Waals surface area contributed by atoms with E-state index in [-0.39, 0.29) is 11.1 Å². The fourth-order valence-corrected chi connectivity index (χ4v) is 2.37. The fourth-order valence-electron chi connectivity index (χ4n) is 1.94. The highest BCUT2D eigenvalue weighted by atomic mass is 79.9. The molecule has 0 amide bonds. The molecule has 0 atom stereocenters. The van der Waals surface area contributed by atoms with Crippen LogP contribution in [-0.2, 0) is 5.33 Å². The van der Waals surface area contributed by atoms with Crippen molar-refractivity contribution >= 4 is 37.8 Å². The number of alkyl halides is 1. The molecule has 0 bridgehead atoms. The van der Waals surface area contributed by atoms with Crippen LogP contribution < -0.4 is 5.56 Å². The van der Waals surface area contributed by atoms with Crippen molar-refractivity contribution < 1.29 is 8.81 Å². The molecule has 0 radical (unpaired) electrons. The van der Waals surface area contributed by atoms with E-state index in [9.17, 15) is 9.18 Å². The van der Waals surface area contributed by atoms with E-state index in [1.165, 1.54) is 6.26 Å². The van der Waals surface area contributed by atoms with Crippen LogP contribution in [0.25, 0.3) is 21.9 Å². The van der Waals surface area contributed by atoms with Gasteiger partial charge < -0.3 is 9.40 Å². The van der Waals surface area contributed by atoms with Crippen LogP contribution in [0.15, 0.2) is 33.7 Å². The summed E-state index contributed by atoms with van der Waals surface area (Å²) in [6.07, 6.45) is 1.43. The number of H-pyrrole nitrogens is 1. The minimum absolute atomic E-state index is 0.223. The van der Waals surface area contributed by atoms with Crippen molar-refractivity contribution in [1.82, 2.24) is 4.98 Å². The summed E-state index contributed by atoms with van der Waals surface area (Å²) >= 11 is 3.20. The van der Waals surface area contributed by atoms with Crippen LogP contribution in [0.2, 0.25) is 0 Å². The number of rotatable bonds is 1. The quantitative estimate of drug-likeness (QED) is 0.700. The van der Waals surface area contributed by atoms with Gasteiger partial charge in [0.2, 0.25) is 0 Å². The third kappa shape index (κ3) is 1.42. The number of aromatic nitrogens is 1. The molecule has 1 aromatic carbocycles. The van der Waals surface area contributed by atoms with E-state index in [1.807, 2.05) is 0 Å². The highest BCUT2D eigenvalue weighted by molar-refractivity contribution is 9.08. The van der Waals surface area contributed by atoms with Gasteiger partial charge in [-0.2, -0.15) is 0 Å². The van der Waals surface area contributed by atoms with Crippen molar-refractivity contribution in [1.29, 1.82) is 0 Å². The fraction of sp³-hybridized carbons (Fsp3) is 0.0833. The second-order valence-corrected chi connectivity index (χ2v) is 4.27. The largest absolute Gasteiger partial charge is 0.459 e. The highest BCUT2D eigenvalue weighted by Gasteiger charge is 2.13. The zero-order valence-electron chi connectivity index (χ0n) is 8.59. The summed E-state index contributed by atoms with van der Waals surface area (Å²) in [5, 5.41) is 1.68. The summed E-state index contributed by atoms with van der Waals surface area (Å²) in [5.74, 6) is -0.403. The molecule has 1 N–H and O–H groups in total. The number of fused-ring (bicyclic) bond motifs is 3. The standard InChI is InChI=1S/C12H7BrFNO2/c13-5-6-1-2-7-8-3-4-17-11(8)12(16)15-10(7)9(6)14/h1-4H,5H2,(H,15,16). The van der Waals surface area contributed by atoms with Gasteiger partial charge in [0.15, 0.2) is 11.4 Å².